The summed E-state index contributed by atoms with van der Waals surface area (Å²) in [5, 5.41) is 2.68. The number of hydrogen-bond acceptors (Lipinski definition) is 7. The van der Waals surface area contributed by atoms with E-state index in [1.807, 2.05) is 12.1 Å². The van der Waals surface area contributed by atoms with Gasteiger partial charge in [-0.2, -0.15) is 0 Å². The standard InChI is InChI=1S/C32H40ClFN6O6S/c1-21(17-35-47(4)45)37(2)31(43)26(25-6-5-7-27(34)30(25)33)18-38(20-41)19-29(42)39-13-11-23(12-14-39)40-15-10-22-16-24(46-3)8-9-28(22)36-32(40)44/h5-9,16,18,20-21,23,35H,10-15,17,19H2,1-4H3,(H,36,44)/b26-18-. The van der Waals surface area contributed by atoms with Crippen molar-refractivity contribution in [3.8, 4) is 5.75 Å². The van der Waals surface area contributed by atoms with Crippen LogP contribution >= 0.6 is 11.6 Å². The van der Waals surface area contributed by atoms with Crippen LogP contribution in [0.5, 0.6) is 5.75 Å². The number of likely N-dealkylation sites (tertiary alicyclic amines) is 1. The molecule has 2 N–H and O–H groups in total. The first-order chi connectivity index (χ1) is 22.4. The maximum absolute atomic E-state index is 14.5. The fourth-order valence-corrected chi connectivity index (χ4v) is 6.29. The number of nitrogens with one attached hydrogen (secondary N) is 2. The average molecular weight is 691 g/mol. The molecule has 5 amide bonds. The monoisotopic (exact) mass is 690 g/mol. The zero-order valence-electron chi connectivity index (χ0n) is 26.8. The Labute approximate surface area is 282 Å². The summed E-state index contributed by atoms with van der Waals surface area (Å²) in [7, 11) is 3.12. The quantitative estimate of drug-likeness (QED) is 0.198. The molecule has 1 saturated heterocycles. The number of carbonyl (C=O) groups is 4. The van der Waals surface area contributed by atoms with Crippen LogP contribution in [0.1, 0.15) is 30.9 Å². The molecule has 0 saturated carbocycles. The third-order valence-corrected chi connectivity index (χ3v) is 9.44. The van der Waals surface area contributed by atoms with Gasteiger partial charge in [-0.3, -0.25) is 14.4 Å². The Kier molecular flexibility index (Phi) is 12.5. The molecule has 1 fully saturated rings. The van der Waals surface area contributed by atoms with Gasteiger partial charge in [-0.05, 0) is 56.0 Å². The molecule has 2 aromatic rings. The molecule has 2 aromatic carbocycles. The molecule has 2 aliphatic rings. The van der Waals surface area contributed by atoms with E-state index in [0.717, 1.165) is 28.0 Å². The second kappa shape index (κ2) is 16.3. The smallest absolute Gasteiger partial charge is 0.322 e. The lowest BCUT2D eigenvalue weighted by atomic mass is 10.0. The highest BCUT2D eigenvalue weighted by molar-refractivity contribution is 7.88. The number of rotatable bonds is 12. The Hall–Kier alpha value is -3.85. The number of amides is 5. The Balaban J connectivity index is 1.44. The molecule has 254 valence electrons. The van der Waals surface area contributed by atoms with E-state index in [9.17, 15) is 28.1 Å². The number of benzene rings is 2. The first-order valence-corrected chi connectivity index (χ1v) is 17.1. The minimum Gasteiger partial charge on any atom is -0.598 e. The first-order valence-electron chi connectivity index (χ1n) is 15.2. The van der Waals surface area contributed by atoms with Crippen molar-refractivity contribution in [2.75, 3.05) is 58.5 Å². The second-order valence-corrected chi connectivity index (χ2v) is 13.1. The van der Waals surface area contributed by atoms with Gasteiger partial charge < -0.3 is 34.2 Å². The van der Waals surface area contributed by atoms with Gasteiger partial charge >= 0.3 is 6.03 Å². The van der Waals surface area contributed by atoms with E-state index < -0.39 is 29.1 Å². The summed E-state index contributed by atoms with van der Waals surface area (Å²) < 4.78 is 34.0. The molecule has 2 heterocycles. The largest absolute Gasteiger partial charge is 0.598 e. The molecule has 0 bridgehead atoms. The van der Waals surface area contributed by atoms with Crippen molar-refractivity contribution in [2.45, 2.75) is 38.3 Å². The van der Waals surface area contributed by atoms with Crippen molar-refractivity contribution in [1.29, 1.82) is 0 Å². The summed E-state index contributed by atoms with van der Waals surface area (Å²) in [6, 6.07) is 8.85. The number of nitrogens with zero attached hydrogens (tertiary/aromatic N) is 4. The number of piperidine rings is 1. The minimum atomic E-state index is -1.30. The van der Waals surface area contributed by atoms with Crippen LogP contribution in [0.4, 0.5) is 14.9 Å². The molecule has 15 heteroatoms. The van der Waals surface area contributed by atoms with Gasteiger partial charge in [0.05, 0.1) is 24.3 Å². The number of fused-ring (bicyclic) bond motifs is 1. The van der Waals surface area contributed by atoms with E-state index in [0.29, 0.717) is 45.3 Å². The van der Waals surface area contributed by atoms with Gasteiger partial charge in [-0.25, -0.2) is 9.18 Å². The van der Waals surface area contributed by atoms with Gasteiger partial charge in [0.1, 0.15) is 24.4 Å². The van der Waals surface area contributed by atoms with Gasteiger partial charge in [0.15, 0.2) is 0 Å². The Morgan fingerprint density at radius 2 is 1.98 bits per heavy atom. The van der Waals surface area contributed by atoms with E-state index in [1.54, 1.807) is 29.9 Å². The van der Waals surface area contributed by atoms with Gasteiger partial charge in [-0.1, -0.05) is 23.7 Å². The van der Waals surface area contributed by atoms with Gasteiger partial charge in [-0.15, -0.1) is 4.72 Å². The maximum atomic E-state index is 14.5. The van der Waals surface area contributed by atoms with Crippen LogP contribution in [0.15, 0.2) is 42.6 Å². The lowest BCUT2D eigenvalue weighted by molar-refractivity contribution is -0.135. The molecule has 4 rings (SSSR count). The van der Waals surface area contributed by atoms with Gasteiger partial charge in [0, 0.05) is 67.6 Å². The number of carbonyl (C=O) groups excluding carboxylic acids is 4. The number of anilines is 1. The van der Waals surface area contributed by atoms with E-state index in [-0.39, 0.29) is 47.2 Å². The number of urea groups is 1. The number of halogens is 2. The zero-order chi connectivity index (χ0) is 34.2. The topological polar surface area (TPSA) is 138 Å². The normalized spacial score (nSPS) is 16.8. The number of methoxy groups -OCH3 is 1. The molecule has 0 aliphatic carbocycles. The summed E-state index contributed by atoms with van der Waals surface area (Å²) in [6.07, 6.45) is 4.85. The van der Waals surface area contributed by atoms with Crippen molar-refractivity contribution < 1.29 is 32.9 Å². The fraction of sp³-hybridized carbons (Fsp3) is 0.438. The highest BCUT2D eigenvalue weighted by atomic mass is 35.5. The minimum absolute atomic E-state index is 0.0548. The molecule has 2 aliphatic heterocycles. The number of ether oxygens (including phenoxy) is 1. The zero-order valence-corrected chi connectivity index (χ0v) is 28.4. The Bertz CT molecular complexity index is 1500. The van der Waals surface area contributed by atoms with Crippen molar-refractivity contribution in [3.05, 3.63) is 64.6 Å². The molecule has 2 unspecified atom stereocenters. The molecular weight excluding hydrogens is 651 g/mol. The molecule has 2 atom stereocenters. The predicted octanol–water partition coefficient (Wildman–Crippen LogP) is 3.10. The van der Waals surface area contributed by atoms with Crippen LogP contribution in [0.3, 0.4) is 0 Å². The van der Waals surface area contributed by atoms with Crippen molar-refractivity contribution in [3.63, 3.8) is 0 Å². The van der Waals surface area contributed by atoms with Crippen molar-refractivity contribution in [1.82, 2.24) is 24.3 Å². The van der Waals surface area contributed by atoms with E-state index >= 15 is 0 Å². The molecular formula is C32H40ClFN6O6S. The highest BCUT2D eigenvalue weighted by Crippen LogP contribution is 2.30. The SMILES string of the molecule is COc1ccc2c(c1)CCN(C1CCN(C(=O)CN(C=O)/C=C(\C(=O)N(C)C(C)CN[S+](C)[O-])c3cccc(F)c3Cl)CC1)C(=O)N2. The van der Waals surface area contributed by atoms with Crippen LogP contribution in [0.25, 0.3) is 5.57 Å². The molecule has 0 spiro atoms. The van der Waals surface area contributed by atoms with Crippen LogP contribution < -0.4 is 14.8 Å². The lowest BCUT2D eigenvalue weighted by Gasteiger charge is -2.38. The summed E-state index contributed by atoms with van der Waals surface area (Å²) in [4.78, 5) is 58.1. The molecule has 0 aromatic heterocycles. The number of likely N-dealkylation sites (N-methyl/N-ethyl adjacent to an activating group) is 1. The van der Waals surface area contributed by atoms with E-state index in [1.165, 1.54) is 36.5 Å². The second-order valence-electron chi connectivity index (χ2n) is 11.5. The lowest BCUT2D eigenvalue weighted by Crippen LogP contribution is -2.51. The van der Waals surface area contributed by atoms with Crippen molar-refractivity contribution >= 4 is 58.5 Å². The third-order valence-electron chi connectivity index (χ3n) is 8.48. The average Bonchev–Trinajstić information content (AvgIpc) is 3.23. The van der Waals surface area contributed by atoms with Crippen LogP contribution in [-0.2, 0) is 32.2 Å². The van der Waals surface area contributed by atoms with Crippen LogP contribution in [0.2, 0.25) is 5.02 Å². The van der Waals surface area contributed by atoms with Crippen LogP contribution in [-0.4, -0.2) is 114 Å². The van der Waals surface area contributed by atoms with Crippen molar-refractivity contribution in [2.24, 2.45) is 0 Å². The molecule has 12 nitrogen and oxygen atoms in total. The predicted molar refractivity (Wildman–Crippen MR) is 178 cm³/mol. The van der Waals surface area contributed by atoms with Gasteiger partial charge in [0.2, 0.25) is 12.3 Å². The first kappa shape index (κ1) is 36.0. The molecule has 47 heavy (non-hydrogen) atoms. The third kappa shape index (κ3) is 8.95. The Morgan fingerprint density at radius 1 is 1.26 bits per heavy atom. The van der Waals surface area contributed by atoms with Gasteiger partial charge in [0.25, 0.3) is 5.91 Å². The summed E-state index contributed by atoms with van der Waals surface area (Å²) in [6.45, 7) is 2.85. The maximum Gasteiger partial charge on any atom is 0.322 e. The summed E-state index contributed by atoms with van der Waals surface area (Å²) in [5.41, 5.74) is 1.70. The number of hydrogen-bond donors (Lipinski definition) is 2. The van der Waals surface area contributed by atoms with E-state index in [2.05, 4.69) is 10.0 Å². The fourth-order valence-electron chi connectivity index (χ4n) is 5.58. The summed E-state index contributed by atoms with van der Waals surface area (Å²) in [5.74, 6) is -0.956. The van der Waals surface area contributed by atoms with Crippen LogP contribution in [0, 0.1) is 5.82 Å². The summed E-state index contributed by atoms with van der Waals surface area (Å²) >= 11 is 4.95. The van der Waals surface area contributed by atoms with E-state index in [4.69, 9.17) is 16.3 Å². The molecule has 0 radical (unpaired) electrons. The highest BCUT2D eigenvalue weighted by Gasteiger charge is 2.32. The Morgan fingerprint density at radius 3 is 2.64 bits per heavy atom.